The Labute approximate surface area is 164 Å². The number of hydrogen-bond acceptors (Lipinski definition) is 8. The molecule has 0 spiro atoms. The minimum atomic E-state index is -0.626. The summed E-state index contributed by atoms with van der Waals surface area (Å²) >= 11 is 1.45. The van der Waals surface area contributed by atoms with E-state index in [1.54, 1.807) is 18.6 Å². The molecule has 0 aliphatic carbocycles. The number of rotatable bonds is 4. The molecule has 9 heteroatoms. The van der Waals surface area contributed by atoms with Crippen molar-refractivity contribution in [3.63, 3.8) is 0 Å². The smallest absolute Gasteiger partial charge is 0.272 e. The van der Waals surface area contributed by atoms with Gasteiger partial charge in [0.25, 0.3) is 5.91 Å². The third kappa shape index (κ3) is 2.88. The van der Waals surface area contributed by atoms with Crippen molar-refractivity contribution >= 4 is 28.7 Å². The van der Waals surface area contributed by atoms with Gasteiger partial charge in [-0.25, -0.2) is 5.43 Å². The van der Waals surface area contributed by atoms with Gasteiger partial charge in [0, 0.05) is 10.9 Å². The van der Waals surface area contributed by atoms with Crippen molar-refractivity contribution in [3.05, 3.63) is 52.2 Å². The Morgan fingerprint density at radius 3 is 2.93 bits per heavy atom. The van der Waals surface area contributed by atoms with Gasteiger partial charge in [0.2, 0.25) is 0 Å². The number of thiophene rings is 1. The lowest BCUT2D eigenvalue weighted by Gasteiger charge is -2.30. The number of ether oxygens (including phenoxy) is 3. The molecule has 5 rings (SSSR count). The first-order valence-corrected chi connectivity index (χ1v) is 9.74. The lowest BCUT2D eigenvalue weighted by Crippen LogP contribution is -2.49. The number of nitrogens with zero attached hydrogens (tertiary/aromatic N) is 2. The molecule has 1 N–H and O–H groups in total. The molecule has 144 valence electrons. The summed E-state index contributed by atoms with van der Waals surface area (Å²) in [7, 11) is 1.62. The van der Waals surface area contributed by atoms with E-state index in [0.717, 1.165) is 17.0 Å². The van der Waals surface area contributed by atoms with E-state index >= 15 is 0 Å². The number of methoxy groups -OCH3 is 1. The number of oxime groups is 1. The molecule has 3 aliphatic rings. The van der Waals surface area contributed by atoms with Gasteiger partial charge < -0.3 is 19.0 Å². The highest BCUT2D eigenvalue weighted by Gasteiger charge is 2.55. The standard InChI is InChI=1S/C19H17N3O5S/c1-24-12-4-2-10(3-5-12)15-14-16(20-21-18(23)11-6-7-28-9-11)19-25-8-13(26-19)17(14)27-22-15/h2-7,9,13-14,17,19H,8H2,1H3,(H,21,23)/b20-16+/t13-,14-,17+,19+/m0/s1. The van der Waals surface area contributed by atoms with E-state index < -0.39 is 6.29 Å². The molecule has 4 heterocycles. The van der Waals surface area contributed by atoms with Crippen LogP contribution in [0.4, 0.5) is 0 Å². The number of hydrogen-bond donors (Lipinski definition) is 1. The number of benzene rings is 1. The van der Waals surface area contributed by atoms with Crippen molar-refractivity contribution < 1.29 is 23.8 Å². The Morgan fingerprint density at radius 2 is 2.18 bits per heavy atom. The quantitative estimate of drug-likeness (QED) is 0.795. The minimum Gasteiger partial charge on any atom is -0.497 e. The van der Waals surface area contributed by atoms with Crippen LogP contribution in [-0.4, -0.2) is 49.5 Å². The fourth-order valence-corrected chi connectivity index (χ4v) is 4.20. The zero-order chi connectivity index (χ0) is 19.1. The van der Waals surface area contributed by atoms with Crippen LogP contribution in [0, 0.1) is 5.92 Å². The molecule has 0 radical (unpaired) electrons. The Morgan fingerprint density at radius 1 is 1.32 bits per heavy atom. The van der Waals surface area contributed by atoms with E-state index in [0.29, 0.717) is 17.9 Å². The number of fused-ring (bicyclic) bond motifs is 4. The molecule has 2 fully saturated rings. The molecule has 8 nitrogen and oxygen atoms in total. The van der Waals surface area contributed by atoms with Gasteiger partial charge in [-0.1, -0.05) is 5.16 Å². The van der Waals surface area contributed by atoms with E-state index in [9.17, 15) is 4.79 Å². The van der Waals surface area contributed by atoms with Crippen LogP contribution < -0.4 is 10.2 Å². The second-order valence-electron chi connectivity index (χ2n) is 6.58. The van der Waals surface area contributed by atoms with Crippen molar-refractivity contribution in [2.75, 3.05) is 13.7 Å². The zero-order valence-corrected chi connectivity index (χ0v) is 15.7. The molecular weight excluding hydrogens is 382 g/mol. The number of amides is 1. The van der Waals surface area contributed by atoms with E-state index in [4.69, 9.17) is 19.0 Å². The van der Waals surface area contributed by atoms with Crippen molar-refractivity contribution in [1.82, 2.24) is 5.43 Å². The predicted octanol–water partition coefficient (Wildman–Crippen LogP) is 2.02. The molecular formula is C19H17N3O5S. The third-order valence-electron chi connectivity index (χ3n) is 4.99. The maximum Gasteiger partial charge on any atom is 0.272 e. The summed E-state index contributed by atoms with van der Waals surface area (Å²) in [6.45, 7) is 0.398. The van der Waals surface area contributed by atoms with Gasteiger partial charge in [0.1, 0.15) is 17.6 Å². The second kappa shape index (κ2) is 7.01. The van der Waals surface area contributed by atoms with Crippen LogP contribution in [0.3, 0.4) is 0 Å². The van der Waals surface area contributed by atoms with Crippen molar-refractivity contribution in [3.8, 4) is 5.75 Å². The lowest BCUT2D eigenvalue weighted by molar-refractivity contribution is -0.0812. The molecule has 0 unspecified atom stereocenters. The fraction of sp³-hybridized carbons (Fsp3) is 0.316. The van der Waals surface area contributed by atoms with E-state index in [-0.39, 0.29) is 24.0 Å². The average Bonchev–Trinajstić information content (AvgIpc) is 3.48. The van der Waals surface area contributed by atoms with Crippen LogP contribution in [0.2, 0.25) is 0 Å². The van der Waals surface area contributed by atoms with Crippen LogP contribution in [-0.2, 0) is 14.3 Å². The lowest BCUT2D eigenvalue weighted by atomic mass is 9.84. The molecule has 3 aliphatic heterocycles. The van der Waals surface area contributed by atoms with Crippen LogP contribution in [0.15, 0.2) is 51.3 Å². The molecule has 28 heavy (non-hydrogen) atoms. The first kappa shape index (κ1) is 17.4. The van der Waals surface area contributed by atoms with Gasteiger partial charge in [-0.05, 0) is 35.7 Å². The zero-order valence-electron chi connectivity index (χ0n) is 14.9. The number of carbonyl (C=O) groups excluding carboxylic acids is 1. The van der Waals surface area contributed by atoms with Crippen molar-refractivity contribution in [2.24, 2.45) is 16.2 Å². The first-order valence-electron chi connectivity index (χ1n) is 8.80. The maximum atomic E-state index is 12.3. The third-order valence-corrected chi connectivity index (χ3v) is 5.67. The minimum absolute atomic E-state index is 0.221. The Balaban J connectivity index is 1.45. The first-order chi connectivity index (χ1) is 13.7. The summed E-state index contributed by atoms with van der Waals surface area (Å²) in [5.41, 5.74) is 5.34. The van der Waals surface area contributed by atoms with Gasteiger partial charge >= 0.3 is 0 Å². The van der Waals surface area contributed by atoms with Gasteiger partial charge in [-0.3, -0.25) is 4.79 Å². The molecule has 2 saturated heterocycles. The average molecular weight is 399 g/mol. The van der Waals surface area contributed by atoms with Crippen molar-refractivity contribution in [1.29, 1.82) is 0 Å². The van der Waals surface area contributed by atoms with Gasteiger partial charge in [0.15, 0.2) is 12.4 Å². The summed E-state index contributed by atoms with van der Waals surface area (Å²) < 4.78 is 16.8. The van der Waals surface area contributed by atoms with Gasteiger partial charge in [-0.15, -0.1) is 0 Å². The summed E-state index contributed by atoms with van der Waals surface area (Å²) in [6, 6.07) is 9.31. The van der Waals surface area contributed by atoms with Crippen LogP contribution in [0.25, 0.3) is 0 Å². The SMILES string of the molecule is COc1ccc(C2=NO[C@@H]3[C@@H]4CO[C@H](O4)/C(=N/NC(=O)c4ccsc4)[C@H]23)cc1. The normalized spacial score (nSPS) is 29.2. The predicted molar refractivity (Wildman–Crippen MR) is 102 cm³/mol. The largest absolute Gasteiger partial charge is 0.497 e. The molecule has 2 aromatic rings. The number of hydrazone groups is 1. The monoisotopic (exact) mass is 399 g/mol. The number of carbonyl (C=O) groups is 1. The van der Waals surface area contributed by atoms with E-state index in [1.165, 1.54) is 11.3 Å². The maximum absolute atomic E-state index is 12.3. The molecule has 2 bridgehead atoms. The van der Waals surface area contributed by atoms with E-state index in [2.05, 4.69) is 15.7 Å². The summed E-state index contributed by atoms with van der Waals surface area (Å²) in [4.78, 5) is 18.0. The van der Waals surface area contributed by atoms with Crippen molar-refractivity contribution in [2.45, 2.75) is 18.5 Å². The molecule has 1 amide bonds. The Kier molecular flexibility index (Phi) is 4.34. The van der Waals surface area contributed by atoms with Crippen LogP contribution in [0.1, 0.15) is 15.9 Å². The van der Waals surface area contributed by atoms with Crippen LogP contribution in [0.5, 0.6) is 5.75 Å². The highest BCUT2D eigenvalue weighted by Crippen LogP contribution is 2.38. The summed E-state index contributed by atoms with van der Waals surface area (Å²) in [5.74, 6) is 0.210. The Bertz CT molecular complexity index is 941. The molecule has 0 saturated carbocycles. The highest BCUT2D eigenvalue weighted by atomic mass is 32.1. The fourth-order valence-electron chi connectivity index (χ4n) is 3.57. The number of nitrogens with one attached hydrogen (secondary N) is 1. The summed E-state index contributed by atoms with van der Waals surface area (Å²) in [6.07, 6.45) is -1.19. The van der Waals surface area contributed by atoms with E-state index in [1.807, 2.05) is 29.6 Å². The van der Waals surface area contributed by atoms with Gasteiger partial charge in [-0.2, -0.15) is 16.4 Å². The molecule has 1 aromatic carbocycles. The summed E-state index contributed by atoms with van der Waals surface area (Å²) in [5, 5.41) is 12.3. The molecule has 4 atom stereocenters. The van der Waals surface area contributed by atoms with Crippen LogP contribution >= 0.6 is 11.3 Å². The van der Waals surface area contributed by atoms with Gasteiger partial charge in [0.05, 0.1) is 30.9 Å². The molecule has 1 aromatic heterocycles. The second-order valence-corrected chi connectivity index (χ2v) is 7.36. The Hall–Kier alpha value is -2.75. The highest BCUT2D eigenvalue weighted by molar-refractivity contribution is 7.08. The topological polar surface area (TPSA) is 90.7 Å².